The van der Waals surface area contributed by atoms with Crippen molar-refractivity contribution in [3.63, 3.8) is 0 Å². The molecule has 0 aliphatic carbocycles. The minimum Gasteiger partial charge on any atom is -0.493 e. The maximum absolute atomic E-state index is 13.0. The third-order valence-electron chi connectivity index (χ3n) is 5.70. The van der Waals surface area contributed by atoms with Crippen LogP contribution in [0.5, 0.6) is 28.7 Å². The molecule has 198 valence electrons. The topological polar surface area (TPSA) is 118 Å². The van der Waals surface area contributed by atoms with E-state index in [0.717, 1.165) is 5.69 Å². The normalized spacial score (nSPS) is 14.3. The van der Waals surface area contributed by atoms with Crippen molar-refractivity contribution in [2.24, 2.45) is 5.10 Å². The highest BCUT2D eigenvalue weighted by Crippen LogP contribution is 2.39. The van der Waals surface area contributed by atoms with Gasteiger partial charge in [-0.15, -0.1) is 5.10 Å². The van der Waals surface area contributed by atoms with Crippen molar-refractivity contribution in [2.75, 3.05) is 28.4 Å². The summed E-state index contributed by atoms with van der Waals surface area (Å²) in [6.45, 7) is 3.26. The molecule has 3 aromatic rings. The van der Waals surface area contributed by atoms with E-state index in [0.29, 0.717) is 28.4 Å². The number of aromatic nitrogens is 1. The van der Waals surface area contributed by atoms with Gasteiger partial charge >= 0.3 is 5.97 Å². The molecule has 0 fully saturated rings. The fraction of sp³-hybridized carbons (Fsp3) is 0.259. The number of methoxy groups -OCH3 is 4. The van der Waals surface area contributed by atoms with E-state index in [-0.39, 0.29) is 28.9 Å². The van der Waals surface area contributed by atoms with Gasteiger partial charge in [-0.05, 0) is 49.4 Å². The van der Waals surface area contributed by atoms with Gasteiger partial charge in [0.1, 0.15) is 0 Å². The number of amides is 1. The Morgan fingerprint density at radius 2 is 1.55 bits per heavy atom. The second kappa shape index (κ2) is 11.1. The number of aryl methyl sites for hydroxylation is 1. The number of rotatable bonds is 8. The Bertz CT molecular complexity index is 1360. The van der Waals surface area contributed by atoms with E-state index in [1.807, 2.05) is 19.1 Å². The van der Waals surface area contributed by atoms with Crippen molar-refractivity contribution < 1.29 is 38.0 Å². The number of nitrogens with zero attached hydrogens (tertiary/aromatic N) is 3. The molecule has 2 heterocycles. The molecule has 11 nitrogen and oxygen atoms in total. The van der Waals surface area contributed by atoms with Crippen molar-refractivity contribution in [2.45, 2.75) is 20.1 Å². The molecule has 0 bridgehead atoms. The zero-order chi connectivity index (χ0) is 27.4. The molecule has 1 amide bonds. The van der Waals surface area contributed by atoms with Crippen LogP contribution in [0.1, 0.15) is 40.3 Å². The summed E-state index contributed by atoms with van der Waals surface area (Å²) in [5, 5.41) is 5.56. The fourth-order valence-corrected chi connectivity index (χ4v) is 3.77. The molecule has 0 unspecified atom stereocenters. The summed E-state index contributed by atoms with van der Waals surface area (Å²) in [6.07, 6.45) is 0.777. The number of hydrogen-bond donors (Lipinski definition) is 0. The van der Waals surface area contributed by atoms with E-state index in [2.05, 4.69) is 10.1 Å². The third-order valence-corrected chi connectivity index (χ3v) is 5.70. The largest absolute Gasteiger partial charge is 0.493 e. The Hall–Kier alpha value is -4.80. The number of esters is 1. The van der Waals surface area contributed by atoms with E-state index in [1.165, 1.54) is 52.5 Å². The lowest BCUT2D eigenvalue weighted by Crippen LogP contribution is -2.25. The van der Waals surface area contributed by atoms with Gasteiger partial charge in [0.2, 0.25) is 23.8 Å². The zero-order valence-electron chi connectivity index (χ0n) is 21.8. The molecule has 1 atom stereocenters. The number of hydrazone groups is 1. The van der Waals surface area contributed by atoms with Crippen LogP contribution in [0.2, 0.25) is 0 Å². The first-order valence-electron chi connectivity index (χ1n) is 11.5. The second-order valence-electron chi connectivity index (χ2n) is 8.14. The highest BCUT2D eigenvalue weighted by molar-refractivity contribution is 5.96. The number of hydrogen-bond acceptors (Lipinski definition) is 10. The average Bonchev–Trinajstić information content (AvgIpc) is 3.38. The minimum atomic E-state index is -0.849. The summed E-state index contributed by atoms with van der Waals surface area (Å²) in [7, 11) is 5.81. The SMILES string of the molecule is COc1cc([C@H]2OC(c3ccc(C)nc3)=NN2C(C)=O)ccc1OC(=O)c1cc(OC)c(OC)c(OC)c1. The van der Waals surface area contributed by atoms with E-state index in [4.69, 9.17) is 28.4 Å². The Morgan fingerprint density at radius 3 is 2.11 bits per heavy atom. The lowest BCUT2D eigenvalue weighted by molar-refractivity contribution is -0.135. The van der Waals surface area contributed by atoms with Crippen LogP contribution >= 0.6 is 0 Å². The van der Waals surface area contributed by atoms with Gasteiger partial charge < -0.3 is 28.4 Å². The molecule has 11 heteroatoms. The van der Waals surface area contributed by atoms with Crippen molar-refractivity contribution >= 4 is 17.8 Å². The Kier molecular flexibility index (Phi) is 7.66. The van der Waals surface area contributed by atoms with E-state index < -0.39 is 12.2 Å². The van der Waals surface area contributed by atoms with Crippen LogP contribution in [0.4, 0.5) is 0 Å². The number of carbonyl (C=O) groups excluding carboxylic acids is 2. The molecule has 0 radical (unpaired) electrons. The molecule has 0 spiro atoms. The summed E-state index contributed by atoms with van der Waals surface area (Å²) in [5.74, 6) is 0.647. The van der Waals surface area contributed by atoms with Crippen molar-refractivity contribution in [3.8, 4) is 28.7 Å². The lowest BCUT2D eigenvalue weighted by Gasteiger charge is -2.20. The van der Waals surface area contributed by atoms with Crippen LogP contribution in [0, 0.1) is 6.92 Å². The second-order valence-corrected chi connectivity index (χ2v) is 8.14. The van der Waals surface area contributed by atoms with Gasteiger partial charge in [-0.1, -0.05) is 0 Å². The maximum atomic E-state index is 13.0. The average molecular weight is 522 g/mol. The van der Waals surface area contributed by atoms with E-state index in [1.54, 1.807) is 24.4 Å². The molecule has 38 heavy (non-hydrogen) atoms. The first-order valence-corrected chi connectivity index (χ1v) is 11.5. The summed E-state index contributed by atoms with van der Waals surface area (Å²) in [5.41, 5.74) is 2.21. The predicted molar refractivity (Wildman–Crippen MR) is 136 cm³/mol. The number of ether oxygens (including phenoxy) is 6. The quantitative estimate of drug-likeness (QED) is 0.321. The fourth-order valence-electron chi connectivity index (χ4n) is 3.77. The molecule has 1 aliphatic rings. The molecular weight excluding hydrogens is 494 g/mol. The van der Waals surface area contributed by atoms with Gasteiger partial charge in [0.15, 0.2) is 23.0 Å². The van der Waals surface area contributed by atoms with Gasteiger partial charge in [0, 0.05) is 24.4 Å². The standard InChI is InChI=1S/C27H27N3O8/c1-15-7-8-18(14-28-15)25-29-30(16(2)31)26(38-25)17-9-10-20(21(11-17)33-3)37-27(32)19-12-22(34-4)24(36-6)23(13-19)35-5/h7-14,26H,1-6H3/t26-/m1/s1. The predicted octanol–water partition coefficient (Wildman–Crippen LogP) is 3.88. The number of pyridine rings is 1. The van der Waals surface area contributed by atoms with Crippen molar-refractivity contribution in [3.05, 3.63) is 71.0 Å². The number of carbonyl (C=O) groups is 2. The lowest BCUT2D eigenvalue weighted by atomic mass is 10.1. The van der Waals surface area contributed by atoms with Gasteiger partial charge in [0.25, 0.3) is 0 Å². The monoisotopic (exact) mass is 521 g/mol. The van der Waals surface area contributed by atoms with Crippen LogP contribution in [0.25, 0.3) is 0 Å². The summed E-state index contributed by atoms with van der Waals surface area (Å²) in [6, 6.07) is 11.4. The maximum Gasteiger partial charge on any atom is 0.343 e. The third kappa shape index (κ3) is 5.17. The highest BCUT2D eigenvalue weighted by atomic mass is 16.6. The minimum absolute atomic E-state index is 0.159. The van der Waals surface area contributed by atoms with E-state index in [9.17, 15) is 9.59 Å². The first-order chi connectivity index (χ1) is 18.3. The van der Waals surface area contributed by atoms with Crippen molar-refractivity contribution in [1.82, 2.24) is 9.99 Å². The first kappa shape index (κ1) is 26.3. The molecule has 0 saturated heterocycles. The van der Waals surface area contributed by atoms with Crippen LogP contribution in [0.3, 0.4) is 0 Å². The molecular formula is C27H27N3O8. The molecule has 2 aromatic carbocycles. The smallest absolute Gasteiger partial charge is 0.343 e. The molecule has 4 rings (SSSR count). The van der Waals surface area contributed by atoms with Crippen LogP contribution < -0.4 is 23.7 Å². The van der Waals surface area contributed by atoms with Crippen LogP contribution in [-0.2, 0) is 9.53 Å². The van der Waals surface area contributed by atoms with Crippen LogP contribution in [0.15, 0.2) is 53.8 Å². The summed E-state index contributed by atoms with van der Waals surface area (Å²) < 4.78 is 33.0. The Morgan fingerprint density at radius 1 is 0.868 bits per heavy atom. The highest BCUT2D eigenvalue weighted by Gasteiger charge is 2.34. The van der Waals surface area contributed by atoms with Gasteiger partial charge in [-0.2, -0.15) is 5.01 Å². The summed E-state index contributed by atoms with van der Waals surface area (Å²) >= 11 is 0. The Labute approximate surface area is 219 Å². The molecule has 1 aliphatic heterocycles. The van der Waals surface area contributed by atoms with Gasteiger partial charge in [0.05, 0.1) is 39.6 Å². The van der Waals surface area contributed by atoms with Gasteiger partial charge in [-0.25, -0.2) is 4.79 Å². The Balaban J connectivity index is 1.60. The van der Waals surface area contributed by atoms with Crippen molar-refractivity contribution in [1.29, 1.82) is 0 Å². The van der Waals surface area contributed by atoms with Crippen LogP contribution in [-0.4, -0.2) is 56.2 Å². The molecule has 0 saturated carbocycles. The van der Waals surface area contributed by atoms with Gasteiger partial charge in [-0.3, -0.25) is 9.78 Å². The number of benzene rings is 2. The zero-order valence-corrected chi connectivity index (χ0v) is 21.8. The molecule has 0 N–H and O–H groups in total. The molecule has 1 aromatic heterocycles. The van der Waals surface area contributed by atoms with E-state index >= 15 is 0 Å². The summed E-state index contributed by atoms with van der Waals surface area (Å²) in [4.78, 5) is 29.6.